The monoisotopic (exact) mass is 407 g/mol. The van der Waals surface area contributed by atoms with Crippen molar-refractivity contribution in [3.05, 3.63) is 33.1 Å². The first-order chi connectivity index (χ1) is 9.74. The third kappa shape index (κ3) is 4.81. The Hall–Kier alpha value is -0.890. The Morgan fingerprint density at radius 3 is 2.67 bits per heavy atom. The summed E-state index contributed by atoms with van der Waals surface area (Å²) in [5, 5.41) is 0. The minimum absolute atomic E-state index is 0.0591. The molecular weight excluding hydrogens is 388 g/mol. The van der Waals surface area contributed by atoms with Gasteiger partial charge in [0.2, 0.25) is 0 Å². The fraction of sp³-hybridized carbons (Fsp3) is 0.533. The van der Waals surface area contributed by atoms with Crippen LogP contribution in [0.4, 0.5) is 9.18 Å². The minimum Gasteiger partial charge on any atom is -0.444 e. The van der Waals surface area contributed by atoms with Crippen molar-refractivity contribution in [3.8, 4) is 0 Å². The van der Waals surface area contributed by atoms with E-state index in [2.05, 4.69) is 22.6 Å². The van der Waals surface area contributed by atoms with Crippen molar-refractivity contribution in [2.45, 2.75) is 39.1 Å². The summed E-state index contributed by atoms with van der Waals surface area (Å²) in [7, 11) is 0. The number of likely N-dealkylation sites (tertiary alicyclic amines) is 1. The highest BCUT2D eigenvalue weighted by Crippen LogP contribution is 2.19. The van der Waals surface area contributed by atoms with Crippen LogP contribution in [-0.4, -0.2) is 35.8 Å². The smallest absolute Gasteiger partial charge is 0.410 e. The van der Waals surface area contributed by atoms with Gasteiger partial charge in [0.15, 0.2) is 0 Å². The Morgan fingerprint density at radius 1 is 1.43 bits per heavy atom. The molecule has 1 heterocycles. The van der Waals surface area contributed by atoms with E-state index in [1.165, 1.54) is 6.07 Å². The summed E-state index contributed by atoms with van der Waals surface area (Å²) in [6, 6.07) is 5.05. The lowest BCUT2D eigenvalue weighted by molar-refractivity contribution is -0.0696. The molecule has 1 amide bonds. The van der Waals surface area contributed by atoms with Crippen molar-refractivity contribution >= 4 is 28.7 Å². The lowest BCUT2D eigenvalue weighted by atomic mass is 10.1. The third-order valence-corrected chi connectivity index (χ3v) is 3.66. The Labute approximate surface area is 137 Å². The van der Waals surface area contributed by atoms with Crippen molar-refractivity contribution in [1.82, 2.24) is 4.90 Å². The van der Waals surface area contributed by atoms with Gasteiger partial charge in [-0.15, -0.1) is 0 Å². The van der Waals surface area contributed by atoms with Crippen LogP contribution in [0.1, 0.15) is 26.3 Å². The van der Waals surface area contributed by atoms with Crippen LogP contribution < -0.4 is 0 Å². The van der Waals surface area contributed by atoms with Gasteiger partial charge in [0.05, 0.1) is 25.8 Å². The second-order valence-corrected chi connectivity index (χ2v) is 7.30. The van der Waals surface area contributed by atoms with E-state index in [0.29, 0.717) is 18.7 Å². The zero-order valence-electron chi connectivity index (χ0n) is 12.4. The fourth-order valence-corrected chi connectivity index (χ4v) is 2.32. The summed E-state index contributed by atoms with van der Waals surface area (Å²) in [6.07, 6.45) is -0.390. The van der Waals surface area contributed by atoms with Crippen LogP contribution in [0.15, 0.2) is 18.2 Å². The molecule has 1 fully saturated rings. The van der Waals surface area contributed by atoms with Crippen molar-refractivity contribution in [3.63, 3.8) is 0 Å². The normalized spacial score (nSPS) is 15.8. The van der Waals surface area contributed by atoms with Gasteiger partial charge in [-0.05, 0) is 55.5 Å². The lowest BCUT2D eigenvalue weighted by Crippen LogP contribution is -2.55. The van der Waals surface area contributed by atoms with E-state index >= 15 is 0 Å². The molecule has 0 saturated carbocycles. The van der Waals surface area contributed by atoms with E-state index in [0.717, 1.165) is 3.57 Å². The molecule has 0 radical (unpaired) electrons. The molecule has 0 N–H and O–H groups in total. The molecule has 0 atom stereocenters. The molecule has 0 aromatic heterocycles. The van der Waals surface area contributed by atoms with Crippen LogP contribution in [0.3, 0.4) is 0 Å². The van der Waals surface area contributed by atoms with Crippen LogP contribution >= 0.6 is 22.6 Å². The first kappa shape index (κ1) is 16.5. The number of benzene rings is 1. The van der Waals surface area contributed by atoms with Crippen LogP contribution in [-0.2, 0) is 16.1 Å². The highest BCUT2D eigenvalue weighted by Gasteiger charge is 2.34. The van der Waals surface area contributed by atoms with Gasteiger partial charge in [-0.2, -0.15) is 0 Å². The maximum absolute atomic E-state index is 13.6. The van der Waals surface area contributed by atoms with Crippen LogP contribution in [0, 0.1) is 9.39 Å². The number of hydrogen-bond acceptors (Lipinski definition) is 3. The van der Waals surface area contributed by atoms with Gasteiger partial charge in [0.1, 0.15) is 11.4 Å². The highest BCUT2D eigenvalue weighted by atomic mass is 127. The van der Waals surface area contributed by atoms with Crippen LogP contribution in [0.2, 0.25) is 0 Å². The van der Waals surface area contributed by atoms with E-state index in [9.17, 15) is 9.18 Å². The Kier molecular flexibility index (Phi) is 5.08. The molecule has 0 aliphatic carbocycles. The molecule has 6 heteroatoms. The first-order valence-electron chi connectivity index (χ1n) is 6.78. The van der Waals surface area contributed by atoms with Gasteiger partial charge in [0, 0.05) is 9.13 Å². The number of ether oxygens (including phenoxy) is 2. The molecule has 1 aromatic rings. The average Bonchev–Trinajstić information content (AvgIpc) is 2.27. The topological polar surface area (TPSA) is 38.8 Å². The second-order valence-electron chi connectivity index (χ2n) is 6.05. The van der Waals surface area contributed by atoms with Gasteiger partial charge < -0.3 is 14.4 Å². The zero-order valence-corrected chi connectivity index (χ0v) is 14.5. The van der Waals surface area contributed by atoms with E-state index in [1.807, 2.05) is 26.8 Å². The standard InChI is InChI=1S/C15H19FINO3/c1-15(2,3)21-14(19)18-7-12(8-18)20-9-10-4-5-11(17)6-13(10)16/h4-6,12H,7-9H2,1-3H3. The largest absolute Gasteiger partial charge is 0.444 e. The molecule has 1 aliphatic rings. The molecular formula is C15H19FINO3. The van der Waals surface area contributed by atoms with Gasteiger partial charge in [-0.25, -0.2) is 9.18 Å². The summed E-state index contributed by atoms with van der Waals surface area (Å²) in [5.41, 5.74) is 0.0407. The van der Waals surface area contributed by atoms with E-state index in [1.54, 1.807) is 11.0 Å². The molecule has 0 spiro atoms. The highest BCUT2D eigenvalue weighted by molar-refractivity contribution is 14.1. The van der Waals surface area contributed by atoms with Crippen LogP contribution in [0.25, 0.3) is 0 Å². The predicted octanol–water partition coefficient (Wildman–Crippen LogP) is 3.57. The number of nitrogens with zero attached hydrogens (tertiary/aromatic N) is 1. The number of carbonyl (C=O) groups excluding carboxylic acids is 1. The van der Waals surface area contributed by atoms with Crippen molar-refractivity contribution < 1.29 is 18.7 Å². The van der Waals surface area contributed by atoms with Gasteiger partial charge in [-0.3, -0.25) is 0 Å². The number of carbonyl (C=O) groups is 1. The molecule has 1 aliphatic heterocycles. The Bertz CT molecular complexity index is 524. The molecule has 21 heavy (non-hydrogen) atoms. The summed E-state index contributed by atoms with van der Waals surface area (Å²) in [4.78, 5) is 13.3. The number of halogens is 2. The molecule has 1 aromatic carbocycles. The molecule has 0 unspecified atom stereocenters. The first-order valence-corrected chi connectivity index (χ1v) is 7.86. The maximum Gasteiger partial charge on any atom is 0.410 e. The minimum atomic E-state index is -0.493. The molecule has 0 bridgehead atoms. The SMILES string of the molecule is CC(C)(C)OC(=O)N1CC(OCc2ccc(I)cc2F)C1. The van der Waals surface area contributed by atoms with Gasteiger partial charge in [0.25, 0.3) is 0 Å². The molecule has 1 saturated heterocycles. The molecule has 2 rings (SSSR count). The third-order valence-electron chi connectivity index (χ3n) is 2.99. The summed E-state index contributed by atoms with van der Waals surface area (Å²) < 4.78 is 25.4. The number of rotatable bonds is 3. The van der Waals surface area contributed by atoms with Crippen LogP contribution in [0.5, 0.6) is 0 Å². The summed E-state index contributed by atoms with van der Waals surface area (Å²) >= 11 is 2.06. The van der Waals surface area contributed by atoms with Gasteiger partial charge in [-0.1, -0.05) is 6.07 Å². The average molecular weight is 407 g/mol. The fourth-order valence-electron chi connectivity index (χ4n) is 1.87. The second kappa shape index (κ2) is 6.48. The maximum atomic E-state index is 13.6. The number of amides is 1. The number of hydrogen-bond donors (Lipinski definition) is 0. The van der Waals surface area contributed by atoms with Crippen molar-refractivity contribution in [1.29, 1.82) is 0 Å². The Morgan fingerprint density at radius 2 is 2.10 bits per heavy atom. The molecule has 4 nitrogen and oxygen atoms in total. The van der Waals surface area contributed by atoms with E-state index in [4.69, 9.17) is 9.47 Å². The van der Waals surface area contributed by atoms with Gasteiger partial charge >= 0.3 is 6.09 Å². The quantitative estimate of drug-likeness (QED) is 0.720. The Balaban J connectivity index is 1.75. The van der Waals surface area contributed by atoms with Crippen molar-refractivity contribution in [2.24, 2.45) is 0 Å². The summed E-state index contributed by atoms with van der Waals surface area (Å²) in [6.45, 7) is 6.69. The summed E-state index contributed by atoms with van der Waals surface area (Å²) in [5.74, 6) is -0.259. The lowest BCUT2D eigenvalue weighted by Gasteiger charge is -2.39. The zero-order chi connectivity index (χ0) is 15.6. The van der Waals surface area contributed by atoms with E-state index < -0.39 is 5.60 Å². The molecule has 116 valence electrons. The van der Waals surface area contributed by atoms with E-state index in [-0.39, 0.29) is 24.6 Å². The van der Waals surface area contributed by atoms with Crippen molar-refractivity contribution in [2.75, 3.05) is 13.1 Å². The predicted molar refractivity (Wildman–Crippen MR) is 85.5 cm³/mol.